The van der Waals surface area contributed by atoms with Crippen LogP contribution in [0.1, 0.15) is 82.7 Å². The van der Waals surface area contributed by atoms with Crippen molar-refractivity contribution in [2.24, 2.45) is 5.73 Å². The number of nitrogens with one attached hydrogen (secondary N) is 2. The van der Waals surface area contributed by atoms with Crippen LogP contribution in [0.5, 0.6) is 0 Å². The second-order valence-electron chi connectivity index (χ2n) is 13.4. The van der Waals surface area contributed by atoms with Gasteiger partial charge in [0.05, 0.1) is 6.07 Å². The minimum absolute atomic E-state index is 0.0920. The van der Waals surface area contributed by atoms with Gasteiger partial charge in [0.1, 0.15) is 35.9 Å². The van der Waals surface area contributed by atoms with Crippen molar-refractivity contribution in [3.8, 4) is 6.07 Å². The summed E-state index contributed by atoms with van der Waals surface area (Å²) >= 11 is 0. The Balaban J connectivity index is 2.64. The third kappa shape index (κ3) is 12.8. The number of ether oxygens (including phenoxy) is 2. The number of carbonyl (C=O) groups is 5. The Bertz CT molecular complexity index is 1470. The lowest BCUT2D eigenvalue weighted by Crippen LogP contribution is -2.55. The van der Waals surface area contributed by atoms with Crippen molar-refractivity contribution in [3.63, 3.8) is 0 Å². The fourth-order valence-corrected chi connectivity index (χ4v) is 4.82. The summed E-state index contributed by atoms with van der Waals surface area (Å²) in [6.07, 6.45) is -1.33. The molecule has 0 saturated carbocycles. The standard InChI is InChI=1S/C35H47N5O7/c1-22-14-15-25(23(2)20-22)29(30(42)38-27(32(44)46-34(3,4)5)21-24-12-10-9-11-13-24)40(19-18-36)31(43)26(16-17-28(37)41)39-33(45)47-35(6,7)8/h9-15,20,26-27,29H,16-17,19,21H2,1-8H3,(H2,37,41)(H,38,42)(H,39,45). The Morgan fingerprint density at radius 3 is 2.04 bits per heavy atom. The summed E-state index contributed by atoms with van der Waals surface area (Å²) in [6, 6.07) is 12.3. The molecule has 0 aliphatic carbocycles. The van der Waals surface area contributed by atoms with Crippen LogP contribution >= 0.6 is 0 Å². The number of nitriles is 1. The van der Waals surface area contributed by atoms with Crippen LogP contribution < -0.4 is 16.4 Å². The Morgan fingerprint density at radius 2 is 1.51 bits per heavy atom. The zero-order valence-electron chi connectivity index (χ0n) is 28.5. The molecule has 2 rings (SSSR count). The minimum atomic E-state index is -1.42. The van der Waals surface area contributed by atoms with Gasteiger partial charge in [-0.2, -0.15) is 5.26 Å². The topological polar surface area (TPSA) is 181 Å². The summed E-state index contributed by atoms with van der Waals surface area (Å²) in [6.45, 7) is 13.1. The quantitative estimate of drug-likeness (QED) is 0.216. The SMILES string of the molecule is Cc1ccc(C(C(=O)NC(Cc2ccccc2)C(=O)OC(C)(C)C)N(CC#N)C(=O)C(CCC(N)=O)NC(=O)OC(C)(C)C)c(C)c1. The first kappa shape index (κ1) is 38.3. The highest BCUT2D eigenvalue weighted by molar-refractivity contribution is 5.94. The zero-order valence-corrected chi connectivity index (χ0v) is 28.5. The van der Waals surface area contributed by atoms with Gasteiger partial charge < -0.3 is 30.7 Å². The van der Waals surface area contributed by atoms with Gasteiger partial charge in [0.25, 0.3) is 0 Å². The van der Waals surface area contributed by atoms with Crippen LogP contribution in [0.25, 0.3) is 0 Å². The first-order chi connectivity index (χ1) is 21.8. The smallest absolute Gasteiger partial charge is 0.408 e. The summed E-state index contributed by atoms with van der Waals surface area (Å²) in [5, 5.41) is 15.1. The molecular formula is C35H47N5O7. The molecule has 0 heterocycles. The summed E-state index contributed by atoms with van der Waals surface area (Å²) in [5.74, 6) is -2.97. The predicted molar refractivity (Wildman–Crippen MR) is 175 cm³/mol. The monoisotopic (exact) mass is 649 g/mol. The van der Waals surface area contributed by atoms with E-state index in [9.17, 15) is 29.2 Å². The van der Waals surface area contributed by atoms with Crippen LogP contribution in [0.15, 0.2) is 48.5 Å². The molecule has 2 aromatic rings. The van der Waals surface area contributed by atoms with Crippen LogP contribution in [0.4, 0.5) is 4.79 Å². The molecule has 4 N–H and O–H groups in total. The molecular weight excluding hydrogens is 602 g/mol. The maximum atomic E-state index is 14.4. The summed E-state index contributed by atoms with van der Waals surface area (Å²) in [7, 11) is 0. The molecule has 12 heteroatoms. The molecule has 0 radical (unpaired) electrons. The largest absolute Gasteiger partial charge is 0.458 e. The summed E-state index contributed by atoms with van der Waals surface area (Å²) in [4.78, 5) is 67.5. The van der Waals surface area contributed by atoms with E-state index in [4.69, 9.17) is 15.2 Å². The van der Waals surface area contributed by atoms with Gasteiger partial charge in [-0.1, -0.05) is 54.1 Å². The van der Waals surface area contributed by atoms with Crippen LogP contribution in [0.2, 0.25) is 0 Å². The molecule has 254 valence electrons. The normalized spacial score (nSPS) is 13.3. The van der Waals surface area contributed by atoms with Crippen molar-refractivity contribution in [3.05, 3.63) is 70.8 Å². The van der Waals surface area contributed by atoms with Crippen LogP contribution in [-0.4, -0.2) is 64.5 Å². The molecule has 2 aromatic carbocycles. The summed E-state index contributed by atoms with van der Waals surface area (Å²) < 4.78 is 11.0. The van der Waals surface area contributed by atoms with E-state index in [2.05, 4.69) is 10.6 Å². The molecule has 0 aromatic heterocycles. The van der Waals surface area contributed by atoms with Crippen LogP contribution in [0, 0.1) is 25.2 Å². The number of esters is 1. The highest BCUT2D eigenvalue weighted by atomic mass is 16.6. The number of hydrogen-bond acceptors (Lipinski definition) is 8. The second kappa shape index (κ2) is 16.6. The Kier molecular flexibility index (Phi) is 13.5. The van der Waals surface area contributed by atoms with Gasteiger partial charge in [0, 0.05) is 12.8 Å². The fraction of sp³-hybridized carbons (Fsp3) is 0.486. The maximum absolute atomic E-state index is 14.4. The highest BCUT2D eigenvalue weighted by Gasteiger charge is 2.39. The van der Waals surface area contributed by atoms with E-state index in [0.29, 0.717) is 11.1 Å². The molecule has 3 unspecified atom stereocenters. The van der Waals surface area contributed by atoms with Gasteiger partial charge in [-0.15, -0.1) is 0 Å². The van der Waals surface area contributed by atoms with Gasteiger partial charge in [-0.3, -0.25) is 14.4 Å². The van der Waals surface area contributed by atoms with Crippen LogP contribution in [0.3, 0.4) is 0 Å². The summed E-state index contributed by atoms with van der Waals surface area (Å²) in [5.41, 5.74) is 6.30. The van der Waals surface area contributed by atoms with Crippen molar-refractivity contribution in [2.45, 2.75) is 104 Å². The number of aryl methyl sites for hydroxylation is 2. The molecule has 12 nitrogen and oxygen atoms in total. The molecule has 4 amide bonds. The van der Waals surface area contributed by atoms with E-state index in [1.54, 1.807) is 72.7 Å². The Morgan fingerprint density at radius 1 is 0.894 bits per heavy atom. The predicted octanol–water partition coefficient (Wildman–Crippen LogP) is 3.92. The third-order valence-electron chi connectivity index (χ3n) is 6.76. The molecule has 0 bridgehead atoms. The van der Waals surface area contributed by atoms with E-state index >= 15 is 0 Å². The molecule has 0 saturated heterocycles. The Hall–Kier alpha value is -4.92. The highest BCUT2D eigenvalue weighted by Crippen LogP contribution is 2.27. The second-order valence-corrected chi connectivity index (χ2v) is 13.4. The van der Waals surface area contributed by atoms with Crippen molar-refractivity contribution in [1.82, 2.24) is 15.5 Å². The molecule has 47 heavy (non-hydrogen) atoms. The molecule has 3 atom stereocenters. The lowest BCUT2D eigenvalue weighted by molar-refractivity contribution is -0.159. The van der Waals surface area contributed by atoms with Gasteiger partial charge in [0.2, 0.25) is 17.7 Å². The number of hydrogen-bond donors (Lipinski definition) is 3. The van der Waals surface area contributed by atoms with E-state index in [1.807, 2.05) is 37.3 Å². The molecule has 0 aliphatic rings. The number of rotatable bonds is 13. The van der Waals surface area contributed by atoms with Gasteiger partial charge in [-0.25, -0.2) is 9.59 Å². The van der Waals surface area contributed by atoms with E-state index < -0.39 is 65.7 Å². The van der Waals surface area contributed by atoms with Gasteiger partial charge in [-0.05, 0) is 78.5 Å². The number of nitrogens with zero attached hydrogens (tertiary/aromatic N) is 2. The van der Waals surface area contributed by atoms with E-state index in [0.717, 1.165) is 16.0 Å². The van der Waals surface area contributed by atoms with Crippen LogP contribution in [-0.2, 0) is 35.1 Å². The third-order valence-corrected chi connectivity index (χ3v) is 6.76. The molecule has 0 aliphatic heterocycles. The van der Waals surface area contributed by atoms with E-state index in [1.165, 1.54) is 0 Å². The number of primary amides is 1. The zero-order chi connectivity index (χ0) is 35.5. The van der Waals surface area contributed by atoms with Crippen molar-refractivity contribution in [1.29, 1.82) is 5.26 Å². The van der Waals surface area contributed by atoms with E-state index in [-0.39, 0.29) is 19.3 Å². The first-order valence-electron chi connectivity index (χ1n) is 15.4. The van der Waals surface area contributed by atoms with Gasteiger partial charge in [0.15, 0.2) is 0 Å². The number of nitrogens with two attached hydrogens (primary N) is 1. The lowest BCUT2D eigenvalue weighted by Gasteiger charge is -2.34. The number of alkyl carbamates (subject to hydrolysis) is 1. The van der Waals surface area contributed by atoms with Crippen molar-refractivity contribution in [2.75, 3.05) is 6.54 Å². The number of carbonyl (C=O) groups excluding carboxylic acids is 5. The Labute approximate surface area is 277 Å². The number of benzene rings is 2. The maximum Gasteiger partial charge on any atom is 0.408 e. The van der Waals surface area contributed by atoms with Gasteiger partial charge >= 0.3 is 12.1 Å². The number of amides is 4. The first-order valence-corrected chi connectivity index (χ1v) is 15.4. The fourth-order valence-electron chi connectivity index (χ4n) is 4.82. The minimum Gasteiger partial charge on any atom is -0.458 e. The molecule has 0 fully saturated rings. The van der Waals surface area contributed by atoms with Crippen molar-refractivity contribution >= 4 is 29.8 Å². The molecule has 0 spiro atoms. The van der Waals surface area contributed by atoms with Crippen molar-refractivity contribution < 1.29 is 33.4 Å². The average molecular weight is 650 g/mol. The average Bonchev–Trinajstić information content (AvgIpc) is 2.94. The lowest BCUT2D eigenvalue weighted by atomic mass is 9.95.